The van der Waals surface area contributed by atoms with E-state index in [1.807, 2.05) is 0 Å². The average molecular weight is 348 g/mol. The largest absolute Gasteiger partial charge is 0.446 e. The summed E-state index contributed by atoms with van der Waals surface area (Å²) in [5.41, 5.74) is -5.54. The smallest absolute Gasteiger partial charge is 0.247 e. The lowest BCUT2D eigenvalue weighted by Crippen LogP contribution is -2.99. The van der Waals surface area contributed by atoms with Crippen molar-refractivity contribution in [3.63, 3.8) is 0 Å². The number of benzene rings is 1. The third-order valence-corrected chi connectivity index (χ3v) is 3.68. The van der Waals surface area contributed by atoms with Crippen molar-refractivity contribution in [2.45, 2.75) is 31.7 Å². The lowest BCUT2D eigenvalue weighted by atomic mass is 9.86. The van der Waals surface area contributed by atoms with Crippen LogP contribution >= 0.6 is 0 Å². The van der Waals surface area contributed by atoms with Crippen molar-refractivity contribution in [2.75, 3.05) is 0 Å². The highest BCUT2D eigenvalue weighted by Gasteiger charge is 2.78. The van der Waals surface area contributed by atoms with E-state index in [1.165, 1.54) is 17.1 Å². The predicted octanol–water partition coefficient (Wildman–Crippen LogP) is 2.09. The fraction of sp³-hybridized carbons (Fsp3) is 0.333. The van der Waals surface area contributed by atoms with Gasteiger partial charge in [-0.25, -0.2) is 10.3 Å². The standard InChI is InChI=1S/C15H11F6N3/c1-8-3-5-10(6-4-8)12-23-9(2)11(7-22)13(24-12,14(16,17)18)15(19,20)21/h3-6H,1-2H3,(H,23,24)/p+1. The number of nitrogens with zero attached hydrogens (tertiary/aromatic N) is 1. The number of alkyl halides is 6. The maximum absolute atomic E-state index is 13.4. The predicted molar refractivity (Wildman–Crippen MR) is 72.5 cm³/mol. The van der Waals surface area contributed by atoms with Crippen LogP contribution in [0, 0.1) is 18.3 Å². The number of hydrogen-bond donors (Lipinski definition) is 2. The van der Waals surface area contributed by atoms with Crippen LogP contribution in [0.4, 0.5) is 26.3 Å². The zero-order valence-electron chi connectivity index (χ0n) is 12.5. The Bertz CT molecular complexity index is 733. The Morgan fingerprint density at radius 2 is 1.50 bits per heavy atom. The second kappa shape index (κ2) is 5.54. The highest BCUT2D eigenvalue weighted by molar-refractivity contribution is 5.96. The van der Waals surface area contributed by atoms with E-state index in [1.54, 1.807) is 19.1 Å². The summed E-state index contributed by atoms with van der Waals surface area (Å²) in [4.78, 5) is 1.49. The van der Waals surface area contributed by atoms with Gasteiger partial charge < -0.3 is 0 Å². The molecule has 0 aromatic heterocycles. The molecule has 3 nitrogen and oxygen atoms in total. The van der Waals surface area contributed by atoms with E-state index in [-0.39, 0.29) is 5.56 Å². The van der Waals surface area contributed by atoms with Gasteiger partial charge in [-0.2, -0.15) is 31.6 Å². The van der Waals surface area contributed by atoms with Crippen LogP contribution in [-0.4, -0.2) is 23.7 Å². The Hall–Kier alpha value is -2.50. The molecule has 0 saturated carbocycles. The minimum atomic E-state index is -5.77. The van der Waals surface area contributed by atoms with Gasteiger partial charge in [-0.1, -0.05) is 17.7 Å². The van der Waals surface area contributed by atoms with E-state index in [9.17, 15) is 26.3 Å². The molecule has 2 rings (SSSR count). The van der Waals surface area contributed by atoms with E-state index >= 15 is 0 Å². The molecule has 24 heavy (non-hydrogen) atoms. The normalized spacial score (nSPS) is 17.9. The molecule has 9 heteroatoms. The van der Waals surface area contributed by atoms with Crippen molar-refractivity contribution in [1.29, 1.82) is 5.26 Å². The Labute approximate surface area is 133 Å². The maximum atomic E-state index is 13.4. The molecule has 0 unspecified atom stereocenters. The number of nitriles is 1. The van der Waals surface area contributed by atoms with Crippen LogP contribution in [0.3, 0.4) is 0 Å². The maximum Gasteiger partial charge on any atom is 0.446 e. The summed E-state index contributed by atoms with van der Waals surface area (Å²) in [5, 5.41) is 11.3. The summed E-state index contributed by atoms with van der Waals surface area (Å²) in [6.45, 7) is 2.73. The van der Waals surface area contributed by atoms with Crippen molar-refractivity contribution in [3.8, 4) is 6.07 Å². The molecule has 1 aromatic carbocycles. The van der Waals surface area contributed by atoms with Crippen LogP contribution < -0.4 is 10.3 Å². The van der Waals surface area contributed by atoms with Gasteiger partial charge in [0, 0.05) is 0 Å². The van der Waals surface area contributed by atoms with Gasteiger partial charge in [-0.3, -0.25) is 0 Å². The van der Waals surface area contributed by atoms with Crippen LogP contribution in [0.15, 0.2) is 35.5 Å². The van der Waals surface area contributed by atoms with E-state index in [2.05, 4.69) is 5.32 Å². The van der Waals surface area contributed by atoms with Crippen LogP contribution in [0.25, 0.3) is 0 Å². The SMILES string of the molecule is CC1=C(C#N)C(C(F)(F)F)(C(F)(F)F)[NH+]=C(c2ccc(C)cc2)N1. The molecule has 0 amide bonds. The monoisotopic (exact) mass is 348 g/mol. The van der Waals surface area contributed by atoms with Gasteiger partial charge in [0.15, 0.2) is 0 Å². The first-order valence-corrected chi connectivity index (χ1v) is 6.68. The molecule has 0 aliphatic carbocycles. The molecule has 0 atom stereocenters. The first-order chi connectivity index (χ1) is 10.9. The molecule has 0 saturated heterocycles. The van der Waals surface area contributed by atoms with Crippen LogP contribution in [0.2, 0.25) is 0 Å². The van der Waals surface area contributed by atoms with Crippen molar-refractivity contribution < 1.29 is 31.3 Å². The summed E-state index contributed by atoms with van der Waals surface area (Å²) in [7, 11) is 0. The number of nitrogens with one attached hydrogen (secondary N) is 2. The molecule has 0 spiro atoms. The van der Waals surface area contributed by atoms with Gasteiger partial charge in [-0.05, 0) is 26.0 Å². The highest BCUT2D eigenvalue weighted by Crippen LogP contribution is 2.45. The van der Waals surface area contributed by atoms with Crippen LogP contribution in [0.1, 0.15) is 18.1 Å². The molecule has 1 aliphatic rings. The van der Waals surface area contributed by atoms with Crippen LogP contribution in [0.5, 0.6) is 0 Å². The molecule has 0 radical (unpaired) electrons. The lowest BCUT2D eigenvalue weighted by molar-refractivity contribution is -0.634. The summed E-state index contributed by atoms with van der Waals surface area (Å²) >= 11 is 0. The third-order valence-electron chi connectivity index (χ3n) is 3.68. The molecular formula is C15H12F6N3+. The molecule has 0 fully saturated rings. The third kappa shape index (κ3) is 2.62. The number of rotatable bonds is 1. The molecule has 2 N–H and O–H groups in total. The van der Waals surface area contributed by atoms with Crippen molar-refractivity contribution in [1.82, 2.24) is 5.32 Å². The molecule has 0 bridgehead atoms. The molecule has 1 heterocycles. The second-order valence-corrected chi connectivity index (χ2v) is 5.35. The second-order valence-electron chi connectivity index (χ2n) is 5.35. The topological polar surface area (TPSA) is 49.8 Å². The van der Waals surface area contributed by atoms with Crippen molar-refractivity contribution >= 4 is 5.84 Å². The van der Waals surface area contributed by atoms with E-state index in [0.29, 0.717) is 0 Å². The summed E-state index contributed by atoms with van der Waals surface area (Å²) in [6, 6.07) is 6.90. The molecule has 128 valence electrons. The number of hydrogen-bond acceptors (Lipinski definition) is 2. The highest BCUT2D eigenvalue weighted by atomic mass is 19.4. The number of allylic oxidation sites excluding steroid dienone is 1. The Kier molecular flexibility index (Phi) is 4.12. The fourth-order valence-corrected chi connectivity index (χ4v) is 2.43. The van der Waals surface area contributed by atoms with E-state index < -0.39 is 35.0 Å². The summed E-state index contributed by atoms with van der Waals surface area (Å²) in [5.74, 6) is -0.471. The van der Waals surface area contributed by atoms with Crippen LogP contribution in [-0.2, 0) is 0 Å². The Balaban J connectivity index is 2.78. The van der Waals surface area contributed by atoms with E-state index in [4.69, 9.17) is 5.26 Å². The average Bonchev–Trinajstić information content (AvgIpc) is 2.44. The van der Waals surface area contributed by atoms with Gasteiger partial charge in [0.05, 0.1) is 5.56 Å². The lowest BCUT2D eigenvalue weighted by Gasteiger charge is -2.34. The van der Waals surface area contributed by atoms with Crippen molar-refractivity contribution in [2.24, 2.45) is 0 Å². The Morgan fingerprint density at radius 1 is 1.00 bits per heavy atom. The summed E-state index contributed by atoms with van der Waals surface area (Å²) in [6.07, 6.45) is -11.5. The number of halogens is 6. The quantitative estimate of drug-likeness (QED) is 0.764. The zero-order chi connectivity index (χ0) is 18.3. The first kappa shape index (κ1) is 17.8. The van der Waals surface area contributed by atoms with Gasteiger partial charge in [-0.15, -0.1) is 0 Å². The minimum Gasteiger partial charge on any atom is -0.247 e. The zero-order valence-corrected chi connectivity index (χ0v) is 12.5. The van der Waals surface area contributed by atoms with E-state index in [0.717, 1.165) is 18.6 Å². The number of aryl methyl sites for hydroxylation is 1. The number of amidine groups is 1. The summed E-state index contributed by atoms with van der Waals surface area (Å²) < 4.78 is 80.7. The minimum absolute atomic E-state index is 0.106. The Morgan fingerprint density at radius 3 is 1.92 bits per heavy atom. The van der Waals surface area contributed by atoms with Gasteiger partial charge >= 0.3 is 17.9 Å². The fourth-order valence-electron chi connectivity index (χ4n) is 2.43. The first-order valence-electron chi connectivity index (χ1n) is 6.68. The molecular weight excluding hydrogens is 336 g/mol. The molecule has 1 aliphatic heterocycles. The van der Waals surface area contributed by atoms with Gasteiger partial charge in [0.2, 0.25) is 0 Å². The van der Waals surface area contributed by atoms with Gasteiger partial charge in [0.1, 0.15) is 17.3 Å². The van der Waals surface area contributed by atoms with Gasteiger partial charge in [0.25, 0.3) is 5.84 Å². The molecule has 1 aromatic rings. The van der Waals surface area contributed by atoms with Crippen molar-refractivity contribution in [3.05, 3.63) is 46.7 Å².